The summed E-state index contributed by atoms with van der Waals surface area (Å²) in [5.74, 6) is 0.0350. The molecule has 6 heteroatoms. The largest absolute Gasteiger partial charge is 0.504 e. The second kappa shape index (κ2) is 4.80. The molecule has 108 valence electrons. The van der Waals surface area contributed by atoms with Crippen LogP contribution in [0.5, 0.6) is 5.75 Å². The first-order valence-electron chi connectivity index (χ1n) is 6.25. The van der Waals surface area contributed by atoms with Crippen molar-refractivity contribution in [3.63, 3.8) is 0 Å². The fourth-order valence-electron chi connectivity index (χ4n) is 2.20. The Morgan fingerprint density at radius 2 is 1.95 bits per heavy atom. The predicted octanol–water partition coefficient (Wildman–Crippen LogP) is 3.65. The third-order valence-electron chi connectivity index (χ3n) is 3.15. The van der Waals surface area contributed by atoms with E-state index in [9.17, 15) is 18.3 Å². The number of nitrogens with zero attached hydrogens (tertiary/aromatic N) is 2. The van der Waals surface area contributed by atoms with E-state index in [1.807, 2.05) is 0 Å². The second-order valence-electron chi connectivity index (χ2n) is 4.73. The van der Waals surface area contributed by atoms with Crippen LogP contribution in [0.25, 0.3) is 5.65 Å². The molecule has 0 fully saturated rings. The second-order valence-corrected chi connectivity index (χ2v) is 4.73. The Bertz CT molecular complexity index is 793. The number of alkyl halides is 3. The SMILES string of the molecule is Oc1cccn2cc(Cc3cccc(C(F)(F)F)c3)nc12. The van der Waals surface area contributed by atoms with Crippen LogP contribution in [-0.2, 0) is 12.6 Å². The van der Waals surface area contributed by atoms with E-state index >= 15 is 0 Å². The molecule has 0 aliphatic heterocycles. The number of aromatic nitrogens is 2. The molecule has 3 aromatic rings. The lowest BCUT2D eigenvalue weighted by molar-refractivity contribution is -0.137. The van der Waals surface area contributed by atoms with Gasteiger partial charge in [0, 0.05) is 18.8 Å². The topological polar surface area (TPSA) is 37.5 Å². The number of rotatable bonds is 2. The normalized spacial score (nSPS) is 12.0. The van der Waals surface area contributed by atoms with Gasteiger partial charge in [-0.2, -0.15) is 13.2 Å². The molecule has 0 unspecified atom stereocenters. The van der Waals surface area contributed by atoms with Crippen molar-refractivity contribution in [2.24, 2.45) is 0 Å². The van der Waals surface area contributed by atoms with Crippen LogP contribution in [0, 0.1) is 0 Å². The molecule has 0 spiro atoms. The summed E-state index contributed by atoms with van der Waals surface area (Å²) >= 11 is 0. The Balaban J connectivity index is 1.93. The lowest BCUT2D eigenvalue weighted by atomic mass is 10.1. The maximum absolute atomic E-state index is 12.7. The molecule has 2 heterocycles. The fourth-order valence-corrected chi connectivity index (χ4v) is 2.20. The number of halogens is 3. The van der Waals surface area contributed by atoms with E-state index in [4.69, 9.17) is 0 Å². The van der Waals surface area contributed by atoms with Gasteiger partial charge in [0.05, 0.1) is 11.3 Å². The molecule has 3 rings (SSSR count). The molecule has 0 amide bonds. The number of pyridine rings is 1. The Morgan fingerprint density at radius 1 is 1.14 bits per heavy atom. The van der Waals surface area contributed by atoms with Crippen LogP contribution < -0.4 is 0 Å². The average molecular weight is 292 g/mol. The highest BCUT2D eigenvalue weighted by Gasteiger charge is 2.30. The van der Waals surface area contributed by atoms with Gasteiger partial charge in [0.25, 0.3) is 0 Å². The molecule has 0 aliphatic carbocycles. The van der Waals surface area contributed by atoms with Crippen LogP contribution in [0.4, 0.5) is 13.2 Å². The smallest absolute Gasteiger partial charge is 0.416 e. The number of aromatic hydroxyl groups is 1. The van der Waals surface area contributed by atoms with Crippen molar-refractivity contribution in [3.05, 3.63) is 65.6 Å². The highest BCUT2D eigenvalue weighted by Crippen LogP contribution is 2.30. The standard InChI is InChI=1S/C15H11F3N2O/c16-15(17,18)11-4-1-3-10(7-11)8-12-9-20-6-2-5-13(21)14(20)19-12/h1-7,9,21H,8H2. The number of imidazole rings is 1. The minimum absolute atomic E-state index is 0.0350. The zero-order valence-corrected chi connectivity index (χ0v) is 10.8. The molecule has 21 heavy (non-hydrogen) atoms. The summed E-state index contributed by atoms with van der Waals surface area (Å²) in [6, 6.07) is 8.34. The number of fused-ring (bicyclic) bond motifs is 1. The predicted molar refractivity (Wildman–Crippen MR) is 71.1 cm³/mol. The first-order valence-corrected chi connectivity index (χ1v) is 6.25. The zero-order chi connectivity index (χ0) is 15.0. The summed E-state index contributed by atoms with van der Waals surface area (Å²) < 4.78 is 39.7. The van der Waals surface area contributed by atoms with Gasteiger partial charge in [-0.3, -0.25) is 0 Å². The van der Waals surface area contributed by atoms with Gasteiger partial charge in [-0.15, -0.1) is 0 Å². The Labute approximate surface area is 118 Å². The molecule has 0 saturated carbocycles. The highest BCUT2D eigenvalue weighted by molar-refractivity contribution is 5.53. The van der Waals surface area contributed by atoms with Gasteiger partial charge in [-0.25, -0.2) is 4.98 Å². The summed E-state index contributed by atoms with van der Waals surface area (Å²) in [5.41, 5.74) is 0.828. The van der Waals surface area contributed by atoms with E-state index in [1.165, 1.54) is 12.1 Å². The van der Waals surface area contributed by atoms with Crippen LogP contribution in [0.2, 0.25) is 0 Å². The lowest BCUT2D eigenvalue weighted by Crippen LogP contribution is -2.05. The summed E-state index contributed by atoms with van der Waals surface area (Å²) in [5, 5.41) is 9.67. The first-order chi connectivity index (χ1) is 9.93. The molecule has 0 atom stereocenters. The summed E-state index contributed by atoms with van der Waals surface area (Å²) in [4.78, 5) is 4.23. The van der Waals surface area contributed by atoms with Crippen LogP contribution in [0.3, 0.4) is 0 Å². The van der Waals surface area contributed by atoms with Crippen LogP contribution >= 0.6 is 0 Å². The molecule has 1 N–H and O–H groups in total. The summed E-state index contributed by atoms with van der Waals surface area (Å²) in [6.07, 6.45) is -0.675. The van der Waals surface area contributed by atoms with Gasteiger partial charge >= 0.3 is 6.18 Å². The van der Waals surface area contributed by atoms with Crippen LogP contribution in [-0.4, -0.2) is 14.5 Å². The fraction of sp³-hybridized carbons (Fsp3) is 0.133. The number of hydrogen-bond donors (Lipinski definition) is 1. The highest BCUT2D eigenvalue weighted by atomic mass is 19.4. The molecule has 2 aromatic heterocycles. The zero-order valence-electron chi connectivity index (χ0n) is 10.8. The van der Waals surface area contributed by atoms with E-state index in [2.05, 4.69) is 4.98 Å². The number of benzene rings is 1. The van der Waals surface area contributed by atoms with Gasteiger partial charge in [-0.1, -0.05) is 18.2 Å². The molecule has 0 bridgehead atoms. The van der Waals surface area contributed by atoms with Crippen molar-refractivity contribution in [2.75, 3.05) is 0 Å². The van der Waals surface area contributed by atoms with Gasteiger partial charge < -0.3 is 9.51 Å². The average Bonchev–Trinajstić information content (AvgIpc) is 2.82. The minimum atomic E-state index is -4.35. The van der Waals surface area contributed by atoms with Crippen molar-refractivity contribution >= 4 is 5.65 Å². The van der Waals surface area contributed by atoms with E-state index < -0.39 is 11.7 Å². The van der Waals surface area contributed by atoms with E-state index in [0.717, 1.165) is 12.1 Å². The van der Waals surface area contributed by atoms with Gasteiger partial charge in [-0.05, 0) is 23.8 Å². The molecule has 0 aliphatic rings. The molecular formula is C15H11F3N2O. The molecule has 0 saturated heterocycles. The van der Waals surface area contributed by atoms with Crippen molar-refractivity contribution in [1.82, 2.24) is 9.38 Å². The van der Waals surface area contributed by atoms with Crippen LogP contribution in [0.15, 0.2) is 48.8 Å². The molecule has 0 radical (unpaired) electrons. The van der Waals surface area contributed by atoms with Gasteiger partial charge in [0.2, 0.25) is 0 Å². The number of hydrogen-bond acceptors (Lipinski definition) is 2. The summed E-state index contributed by atoms with van der Waals surface area (Å²) in [7, 11) is 0. The van der Waals surface area contributed by atoms with Crippen LogP contribution in [0.1, 0.15) is 16.8 Å². The molecular weight excluding hydrogens is 281 g/mol. The first kappa shape index (κ1) is 13.5. The van der Waals surface area contributed by atoms with E-state index in [-0.39, 0.29) is 12.2 Å². The maximum Gasteiger partial charge on any atom is 0.416 e. The van der Waals surface area contributed by atoms with Crippen molar-refractivity contribution < 1.29 is 18.3 Å². The molecule has 3 nitrogen and oxygen atoms in total. The summed E-state index contributed by atoms with van der Waals surface area (Å²) in [6.45, 7) is 0. The van der Waals surface area contributed by atoms with Crippen molar-refractivity contribution in [3.8, 4) is 5.75 Å². The third kappa shape index (κ3) is 2.69. The van der Waals surface area contributed by atoms with Gasteiger partial charge in [0.15, 0.2) is 11.4 Å². The van der Waals surface area contributed by atoms with Gasteiger partial charge in [0.1, 0.15) is 0 Å². The van der Waals surface area contributed by atoms with Crippen molar-refractivity contribution in [2.45, 2.75) is 12.6 Å². The van der Waals surface area contributed by atoms with Crippen molar-refractivity contribution in [1.29, 1.82) is 0 Å². The van der Waals surface area contributed by atoms with E-state index in [1.54, 1.807) is 28.9 Å². The van der Waals surface area contributed by atoms with E-state index in [0.29, 0.717) is 16.9 Å². The minimum Gasteiger partial charge on any atom is -0.504 e. The maximum atomic E-state index is 12.7. The monoisotopic (exact) mass is 292 g/mol. The lowest BCUT2D eigenvalue weighted by Gasteiger charge is -2.07. The Kier molecular flexibility index (Phi) is 3.08. The third-order valence-corrected chi connectivity index (χ3v) is 3.15. The Morgan fingerprint density at radius 3 is 2.67 bits per heavy atom. The molecule has 1 aromatic carbocycles. The Hall–Kier alpha value is -2.50. The quantitative estimate of drug-likeness (QED) is 0.783.